The molecule has 29 heavy (non-hydrogen) atoms. The second-order valence-corrected chi connectivity index (χ2v) is 9.28. The van der Waals surface area contributed by atoms with E-state index in [-0.39, 0.29) is 36.8 Å². The van der Waals surface area contributed by atoms with Gasteiger partial charge in [0, 0.05) is 16.1 Å². The summed E-state index contributed by atoms with van der Waals surface area (Å²) in [6.07, 6.45) is 0. The molecule has 0 heterocycles. The minimum absolute atomic E-state index is 0.00178. The van der Waals surface area contributed by atoms with Crippen LogP contribution in [0.3, 0.4) is 0 Å². The number of benzene rings is 3. The topological polar surface area (TPSA) is 94.8 Å². The van der Waals surface area contributed by atoms with E-state index in [2.05, 4.69) is 0 Å². The van der Waals surface area contributed by atoms with Crippen LogP contribution in [0.4, 0.5) is 0 Å². The Hall–Kier alpha value is -1.67. The van der Waals surface area contributed by atoms with E-state index < -0.39 is 26.4 Å². The molecule has 0 saturated heterocycles. The van der Waals surface area contributed by atoms with Crippen LogP contribution >= 0.6 is 46.4 Å². The van der Waals surface area contributed by atoms with Gasteiger partial charge in [-0.2, -0.15) is 8.42 Å². The van der Waals surface area contributed by atoms with E-state index in [0.717, 1.165) is 12.1 Å². The molecule has 0 aliphatic carbocycles. The fraction of sp³-hybridized carbons (Fsp3) is 0.0526. The predicted molar refractivity (Wildman–Crippen MR) is 114 cm³/mol. The lowest BCUT2D eigenvalue weighted by Crippen LogP contribution is -2.38. The third kappa shape index (κ3) is 3.65. The number of phenolic OH excluding ortho intramolecular Hbond substituents is 2. The predicted octanol–water partition coefficient (Wildman–Crippen LogP) is 5.89. The van der Waals surface area contributed by atoms with Crippen LogP contribution in [0.15, 0.2) is 54.6 Å². The number of phenols is 2. The normalized spacial score (nSPS) is 13.8. The van der Waals surface area contributed by atoms with Crippen molar-refractivity contribution in [2.24, 2.45) is 0 Å². The molecule has 3 aromatic rings. The van der Waals surface area contributed by atoms with Crippen molar-refractivity contribution in [3.63, 3.8) is 0 Å². The van der Waals surface area contributed by atoms with Crippen molar-refractivity contribution >= 4 is 56.5 Å². The van der Waals surface area contributed by atoms with Gasteiger partial charge in [-0.15, -0.1) is 0 Å². The van der Waals surface area contributed by atoms with Crippen molar-refractivity contribution in [3.8, 4) is 11.5 Å². The SMILES string of the molecule is O=S(=O)(O)C(c1ccc(Cl)c(Cl)c1)(c1ccccc1O)c1cc(O)c(Cl)cc1Cl. The van der Waals surface area contributed by atoms with E-state index in [4.69, 9.17) is 46.4 Å². The Labute approximate surface area is 186 Å². The average molecular weight is 494 g/mol. The number of hydrogen-bond donors (Lipinski definition) is 3. The van der Waals surface area contributed by atoms with Gasteiger partial charge in [0.2, 0.25) is 0 Å². The summed E-state index contributed by atoms with van der Waals surface area (Å²) in [4.78, 5) is 0. The van der Waals surface area contributed by atoms with Crippen molar-refractivity contribution in [1.29, 1.82) is 0 Å². The van der Waals surface area contributed by atoms with Gasteiger partial charge in [0.25, 0.3) is 10.1 Å². The Morgan fingerprint density at radius 1 is 0.690 bits per heavy atom. The first-order valence-corrected chi connectivity index (χ1v) is 10.8. The molecule has 0 aromatic heterocycles. The highest BCUT2D eigenvalue weighted by Crippen LogP contribution is 2.51. The van der Waals surface area contributed by atoms with Gasteiger partial charge in [-0.3, -0.25) is 4.55 Å². The Kier molecular flexibility index (Phi) is 5.98. The van der Waals surface area contributed by atoms with Crippen LogP contribution in [0.25, 0.3) is 0 Å². The molecule has 5 nitrogen and oxygen atoms in total. The van der Waals surface area contributed by atoms with Gasteiger partial charge in [-0.1, -0.05) is 70.7 Å². The molecule has 0 radical (unpaired) electrons. The molecule has 3 aromatic carbocycles. The summed E-state index contributed by atoms with van der Waals surface area (Å²) < 4.78 is 33.9. The fourth-order valence-electron chi connectivity index (χ4n) is 3.18. The van der Waals surface area contributed by atoms with Gasteiger partial charge >= 0.3 is 0 Å². The molecule has 1 unspecified atom stereocenters. The molecule has 0 fully saturated rings. The number of rotatable bonds is 4. The molecule has 10 heteroatoms. The van der Waals surface area contributed by atoms with E-state index in [1.54, 1.807) is 0 Å². The second kappa shape index (κ2) is 7.87. The Morgan fingerprint density at radius 2 is 1.34 bits per heavy atom. The van der Waals surface area contributed by atoms with Crippen molar-refractivity contribution in [2.45, 2.75) is 4.75 Å². The second-order valence-electron chi connectivity index (χ2n) is 6.09. The molecule has 152 valence electrons. The highest BCUT2D eigenvalue weighted by molar-refractivity contribution is 7.87. The van der Waals surface area contributed by atoms with Crippen LogP contribution in [-0.2, 0) is 14.9 Å². The lowest BCUT2D eigenvalue weighted by atomic mass is 9.83. The molecule has 0 aliphatic heterocycles. The zero-order chi connectivity index (χ0) is 21.6. The zero-order valence-corrected chi connectivity index (χ0v) is 18.1. The van der Waals surface area contributed by atoms with Gasteiger partial charge in [-0.05, 0) is 35.9 Å². The van der Waals surface area contributed by atoms with Crippen molar-refractivity contribution in [2.75, 3.05) is 0 Å². The average Bonchev–Trinajstić information content (AvgIpc) is 2.63. The van der Waals surface area contributed by atoms with Crippen LogP contribution in [0, 0.1) is 0 Å². The van der Waals surface area contributed by atoms with Gasteiger partial charge in [0.05, 0.1) is 15.1 Å². The van der Waals surface area contributed by atoms with Crippen LogP contribution < -0.4 is 0 Å². The van der Waals surface area contributed by atoms with Gasteiger partial charge in [-0.25, -0.2) is 0 Å². The van der Waals surface area contributed by atoms with Crippen LogP contribution in [0.2, 0.25) is 20.1 Å². The lowest BCUT2D eigenvalue weighted by Gasteiger charge is -2.34. The number of hydrogen-bond acceptors (Lipinski definition) is 4. The molecule has 0 saturated carbocycles. The molecule has 0 spiro atoms. The highest BCUT2D eigenvalue weighted by Gasteiger charge is 2.51. The summed E-state index contributed by atoms with van der Waals surface area (Å²) in [5.74, 6) is -0.920. The largest absolute Gasteiger partial charge is 0.508 e. The highest BCUT2D eigenvalue weighted by atomic mass is 35.5. The first kappa shape index (κ1) is 22.0. The third-order valence-corrected chi connectivity index (χ3v) is 7.22. The van der Waals surface area contributed by atoms with E-state index in [1.807, 2.05) is 0 Å². The maximum atomic E-state index is 12.9. The molecule has 0 aliphatic rings. The number of para-hydroxylation sites is 1. The Morgan fingerprint density at radius 3 is 1.93 bits per heavy atom. The summed E-state index contributed by atoms with van der Waals surface area (Å²) in [7, 11) is -5.09. The smallest absolute Gasteiger partial charge is 0.283 e. The van der Waals surface area contributed by atoms with E-state index in [9.17, 15) is 23.2 Å². The summed E-state index contributed by atoms with van der Waals surface area (Å²) in [6.45, 7) is 0. The first-order chi connectivity index (χ1) is 13.5. The minimum Gasteiger partial charge on any atom is -0.508 e. The molecule has 1 atom stereocenters. The summed E-state index contributed by atoms with van der Waals surface area (Å²) in [5, 5.41) is 20.5. The maximum Gasteiger partial charge on any atom is 0.283 e. The van der Waals surface area contributed by atoms with E-state index >= 15 is 0 Å². The van der Waals surface area contributed by atoms with Gasteiger partial charge < -0.3 is 10.2 Å². The lowest BCUT2D eigenvalue weighted by molar-refractivity contribution is 0.439. The van der Waals surface area contributed by atoms with Crippen molar-refractivity contribution < 1.29 is 23.2 Å². The fourth-order valence-corrected chi connectivity index (χ4v) is 5.38. The standard InChI is InChI=1S/C19H12Cl4O5S/c20-13-6-5-10(7-15(13)22)19(29(26,27)28,11-3-1-2-4-17(11)24)12-8-18(25)16(23)9-14(12)21/h1-9,24-25H,(H,26,27,28). The quantitative estimate of drug-likeness (QED) is 0.311. The molecule has 0 amide bonds. The number of aromatic hydroxyl groups is 2. The molecule has 0 bridgehead atoms. The minimum atomic E-state index is -5.09. The Bertz CT molecular complexity index is 1210. The monoisotopic (exact) mass is 492 g/mol. The van der Waals surface area contributed by atoms with Crippen molar-refractivity contribution in [1.82, 2.24) is 0 Å². The molecule has 3 rings (SSSR count). The summed E-state index contributed by atoms with van der Waals surface area (Å²) >= 11 is 24.3. The van der Waals surface area contributed by atoms with Crippen LogP contribution in [0.1, 0.15) is 16.7 Å². The first-order valence-electron chi connectivity index (χ1n) is 7.89. The molecular formula is C19H12Cl4O5S. The van der Waals surface area contributed by atoms with Crippen molar-refractivity contribution in [3.05, 3.63) is 91.4 Å². The zero-order valence-electron chi connectivity index (χ0n) is 14.3. The number of halogens is 4. The maximum absolute atomic E-state index is 12.9. The molecule has 3 N–H and O–H groups in total. The Balaban J connectivity index is 2.61. The van der Waals surface area contributed by atoms with Gasteiger partial charge in [0.15, 0.2) is 4.75 Å². The summed E-state index contributed by atoms with van der Waals surface area (Å²) in [5.41, 5.74) is -0.535. The molecular weight excluding hydrogens is 482 g/mol. The van der Waals surface area contributed by atoms with Gasteiger partial charge in [0.1, 0.15) is 11.5 Å². The van der Waals surface area contributed by atoms with Crippen LogP contribution in [0.5, 0.6) is 11.5 Å². The van der Waals surface area contributed by atoms with E-state index in [1.165, 1.54) is 42.5 Å². The van der Waals surface area contributed by atoms with E-state index in [0.29, 0.717) is 0 Å². The van der Waals surface area contributed by atoms with Crippen LogP contribution in [-0.4, -0.2) is 23.2 Å². The summed E-state index contributed by atoms with van der Waals surface area (Å²) in [6, 6.07) is 11.5. The third-order valence-electron chi connectivity index (χ3n) is 4.41.